The first-order valence-corrected chi connectivity index (χ1v) is 5.56. The Bertz CT molecular complexity index is 552. The highest BCUT2D eigenvalue weighted by molar-refractivity contribution is 5.95. The number of carbonyl (C=O) groups excluding carboxylic acids is 1. The summed E-state index contributed by atoms with van der Waals surface area (Å²) in [6.07, 6.45) is 1.54. The molecule has 2 aromatic heterocycles. The monoisotopic (exact) mass is 250 g/mol. The van der Waals surface area contributed by atoms with Gasteiger partial charge < -0.3 is 20.3 Å². The number of H-pyrrole nitrogens is 1. The van der Waals surface area contributed by atoms with E-state index in [-0.39, 0.29) is 13.0 Å². The van der Waals surface area contributed by atoms with Crippen LogP contribution in [0, 0.1) is 0 Å². The van der Waals surface area contributed by atoms with Gasteiger partial charge in [0, 0.05) is 35.5 Å². The Labute approximate surface area is 103 Å². The molecule has 2 unspecified atom stereocenters. The number of nitrogens with one attached hydrogen (secondary N) is 1. The third-order valence-corrected chi connectivity index (χ3v) is 2.84. The lowest BCUT2D eigenvalue weighted by molar-refractivity contribution is 0.00412. The molecule has 6 heteroatoms. The molecule has 0 aliphatic rings. The molecule has 0 radical (unpaired) electrons. The lowest BCUT2D eigenvalue weighted by atomic mass is 10.0. The fraction of sp³-hybridized carbons (Fsp3) is 0.333. The number of rotatable bonds is 5. The number of aromatic amines is 1. The summed E-state index contributed by atoms with van der Waals surface area (Å²) in [6.45, 7) is -0.211. The standard InChI is InChI=1S/C12H14N2O4/c15-2-1-10(17)11(18)7-3-9-8(6-16)5-14-12(9)13-4-7/h3-6,10-11,15,17-18H,1-2H2,(H,13,14). The van der Waals surface area contributed by atoms with Gasteiger partial charge in [-0.1, -0.05) is 0 Å². The Hall–Kier alpha value is -1.76. The van der Waals surface area contributed by atoms with Crippen molar-refractivity contribution in [2.24, 2.45) is 0 Å². The summed E-state index contributed by atoms with van der Waals surface area (Å²) in [4.78, 5) is 17.7. The average Bonchev–Trinajstić information content (AvgIpc) is 2.80. The topological polar surface area (TPSA) is 106 Å². The summed E-state index contributed by atoms with van der Waals surface area (Å²) < 4.78 is 0. The van der Waals surface area contributed by atoms with E-state index in [1.54, 1.807) is 6.07 Å². The maximum absolute atomic E-state index is 10.8. The van der Waals surface area contributed by atoms with Crippen molar-refractivity contribution in [3.8, 4) is 0 Å². The molecule has 0 aliphatic heterocycles. The molecule has 6 nitrogen and oxygen atoms in total. The summed E-state index contributed by atoms with van der Waals surface area (Å²) in [5, 5.41) is 28.8. The molecule has 0 amide bonds. The zero-order valence-electron chi connectivity index (χ0n) is 9.58. The van der Waals surface area contributed by atoms with Gasteiger partial charge in [0.15, 0.2) is 6.29 Å². The zero-order chi connectivity index (χ0) is 13.1. The van der Waals surface area contributed by atoms with Crippen molar-refractivity contribution in [3.05, 3.63) is 29.6 Å². The Morgan fingerprint density at radius 1 is 1.44 bits per heavy atom. The van der Waals surface area contributed by atoms with Crippen LogP contribution in [0.2, 0.25) is 0 Å². The molecule has 0 aliphatic carbocycles. The molecule has 2 heterocycles. The van der Waals surface area contributed by atoms with Gasteiger partial charge in [0.1, 0.15) is 11.8 Å². The van der Waals surface area contributed by atoms with Crippen LogP contribution in [0.3, 0.4) is 0 Å². The van der Waals surface area contributed by atoms with E-state index < -0.39 is 12.2 Å². The number of nitrogens with zero attached hydrogens (tertiary/aromatic N) is 1. The molecule has 96 valence electrons. The normalized spacial score (nSPS) is 14.6. The van der Waals surface area contributed by atoms with Crippen LogP contribution in [0.5, 0.6) is 0 Å². The number of hydrogen-bond donors (Lipinski definition) is 4. The molecule has 0 saturated carbocycles. The lowest BCUT2D eigenvalue weighted by Crippen LogP contribution is -2.19. The first-order valence-electron chi connectivity index (χ1n) is 5.56. The number of hydrogen-bond acceptors (Lipinski definition) is 5. The first-order chi connectivity index (χ1) is 8.67. The predicted octanol–water partition coefficient (Wildman–Crippen LogP) is 0.152. The van der Waals surface area contributed by atoms with Gasteiger partial charge in [0.25, 0.3) is 0 Å². The summed E-state index contributed by atoms with van der Waals surface area (Å²) >= 11 is 0. The van der Waals surface area contributed by atoms with Crippen LogP contribution in [-0.2, 0) is 0 Å². The SMILES string of the molecule is O=Cc1c[nH]c2ncc(C(O)C(O)CCO)cc12. The molecule has 2 rings (SSSR count). The largest absolute Gasteiger partial charge is 0.396 e. The predicted molar refractivity (Wildman–Crippen MR) is 64.2 cm³/mol. The maximum atomic E-state index is 10.8. The van der Waals surface area contributed by atoms with Crippen molar-refractivity contribution in [2.75, 3.05) is 6.61 Å². The lowest BCUT2D eigenvalue weighted by Gasteiger charge is -2.16. The third-order valence-electron chi connectivity index (χ3n) is 2.84. The third kappa shape index (κ3) is 2.26. The number of aromatic nitrogens is 2. The van der Waals surface area contributed by atoms with E-state index in [9.17, 15) is 15.0 Å². The van der Waals surface area contributed by atoms with Crippen LogP contribution in [0.15, 0.2) is 18.5 Å². The van der Waals surface area contributed by atoms with E-state index in [1.165, 1.54) is 12.4 Å². The second-order valence-electron chi connectivity index (χ2n) is 4.05. The number of aldehydes is 1. The van der Waals surface area contributed by atoms with Crippen LogP contribution >= 0.6 is 0 Å². The van der Waals surface area contributed by atoms with Gasteiger partial charge in [0.2, 0.25) is 0 Å². The Morgan fingerprint density at radius 3 is 2.89 bits per heavy atom. The van der Waals surface area contributed by atoms with Crippen LogP contribution in [0.4, 0.5) is 0 Å². The number of carbonyl (C=O) groups is 1. The van der Waals surface area contributed by atoms with Crippen LogP contribution in [-0.4, -0.2) is 44.3 Å². The van der Waals surface area contributed by atoms with Crippen molar-refractivity contribution in [1.82, 2.24) is 9.97 Å². The minimum atomic E-state index is -1.14. The molecular weight excluding hydrogens is 236 g/mol. The minimum absolute atomic E-state index is 0.0763. The molecule has 0 aromatic carbocycles. The van der Waals surface area contributed by atoms with E-state index >= 15 is 0 Å². The van der Waals surface area contributed by atoms with Gasteiger partial charge in [-0.25, -0.2) is 4.98 Å². The second-order valence-corrected chi connectivity index (χ2v) is 4.05. The second kappa shape index (κ2) is 5.26. The van der Waals surface area contributed by atoms with Crippen LogP contribution in [0.25, 0.3) is 11.0 Å². The molecule has 4 N–H and O–H groups in total. The van der Waals surface area contributed by atoms with E-state index in [1.807, 2.05) is 0 Å². The quantitative estimate of drug-likeness (QED) is 0.565. The number of fused-ring (bicyclic) bond motifs is 1. The van der Waals surface area contributed by atoms with Gasteiger partial charge >= 0.3 is 0 Å². The highest BCUT2D eigenvalue weighted by atomic mass is 16.3. The van der Waals surface area contributed by atoms with Gasteiger partial charge in [-0.15, -0.1) is 0 Å². The number of aliphatic hydroxyl groups is 3. The number of pyridine rings is 1. The fourth-order valence-corrected chi connectivity index (χ4v) is 1.81. The van der Waals surface area contributed by atoms with Gasteiger partial charge in [-0.05, 0) is 12.5 Å². The fourth-order valence-electron chi connectivity index (χ4n) is 1.81. The van der Waals surface area contributed by atoms with Crippen molar-refractivity contribution in [1.29, 1.82) is 0 Å². The van der Waals surface area contributed by atoms with Gasteiger partial charge in [-0.2, -0.15) is 0 Å². The van der Waals surface area contributed by atoms with Crippen molar-refractivity contribution in [3.63, 3.8) is 0 Å². The molecule has 18 heavy (non-hydrogen) atoms. The van der Waals surface area contributed by atoms with E-state index in [2.05, 4.69) is 9.97 Å². The molecule has 2 atom stereocenters. The Morgan fingerprint density at radius 2 is 2.22 bits per heavy atom. The summed E-state index contributed by atoms with van der Waals surface area (Å²) in [5.41, 5.74) is 1.40. The molecule has 0 saturated heterocycles. The van der Waals surface area contributed by atoms with E-state index in [4.69, 9.17) is 5.11 Å². The van der Waals surface area contributed by atoms with E-state index in [0.29, 0.717) is 28.4 Å². The molecule has 0 fully saturated rings. The first kappa shape index (κ1) is 12.7. The number of aliphatic hydroxyl groups excluding tert-OH is 3. The molecule has 0 spiro atoms. The van der Waals surface area contributed by atoms with Gasteiger partial charge in [-0.3, -0.25) is 4.79 Å². The van der Waals surface area contributed by atoms with Gasteiger partial charge in [0.05, 0.1) is 6.10 Å². The van der Waals surface area contributed by atoms with Crippen molar-refractivity contribution < 1.29 is 20.1 Å². The van der Waals surface area contributed by atoms with Crippen LogP contribution < -0.4 is 0 Å². The zero-order valence-corrected chi connectivity index (χ0v) is 9.58. The summed E-state index contributed by atoms with van der Waals surface area (Å²) in [7, 11) is 0. The minimum Gasteiger partial charge on any atom is -0.396 e. The summed E-state index contributed by atoms with van der Waals surface area (Å²) in [6, 6.07) is 1.60. The summed E-state index contributed by atoms with van der Waals surface area (Å²) in [5.74, 6) is 0. The highest BCUT2D eigenvalue weighted by Crippen LogP contribution is 2.23. The van der Waals surface area contributed by atoms with Crippen molar-refractivity contribution >= 4 is 17.3 Å². The maximum Gasteiger partial charge on any atom is 0.152 e. The molecule has 0 bridgehead atoms. The average molecular weight is 250 g/mol. The Kier molecular flexibility index (Phi) is 3.71. The smallest absolute Gasteiger partial charge is 0.152 e. The highest BCUT2D eigenvalue weighted by Gasteiger charge is 2.19. The van der Waals surface area contributed by atoms with Crippen LogP contribution in [0.1, 0.15) is 28.4 Å². The molecule has 2 aromatic rings. The van der Waals surface area contributed by atoms with Crippen molar-refractivity contribution in [2.45, 2.75) is 18.6 Å². The Balaban J connectivity index is 2.36. The molecular formula is C12H14N2O4. The van der Waals surface area contributed by atoms with E-state index in [0.717, 1.165) is 0 Å².